The van der Waals surface area contributed by atoms with Crippen LogP contribution in [0.25, 0.3) is 11.7 Å². The van der Waals surface area contributed by atoms with Crippen LogP contribution in [0.15, 0.2) is 61.2 Å². The molecule has 0 atom stereocenters. The molecule has 0 N–H and O–H groups in total. The maximum atomic E-state index is 12.0. The fraction of sp³-hybridized carbons (Fsp3) is 0. The molecule has 0 aliphatic carbocycles. The minimum Gasteiger partial charge on any atom is -0.459 e. The first-order valence-electron chi connectivity index (χ1n) is 5.57. The molecule has 2 aromatic heterocycles. The summed E-state index contributed by atoms with van der Waals surface area (Å²) in [5.41, 5.74) is 0.566. The van der Waals surface area contributed by atoms with Crippen molar-refractivity contribution in [2.75, 3.05) is 0 Å². The Bertz CT molecular complexity index is 722. The van der Waals surface area contributed by atoms with Crippen molar-refractivity contribution in [2.24, 2.45) is 0 Å². The lowest BCUT2D eigenvalue weighted by atomic mass is 10.2. The molecular formula is C13H7BrN2O3S. The largest absolute Gasteiger partial charge is 0.459 e. The predicted molar refractivity (Wildman–Crippen MR) is 76.3 cm³/mol. The van der Waals surface area contributed by atoms with E-state index in [0.29, 0.717) is 11.3 Å². The summed E-state index contributed by atoms with van der Waals surface area (Å²) in [4.78, 5) is 12.0. The number of hydrogen-bond acceptors (Lipinski definition) is 6. The molecule has 5 nitrogen and oxygen atoms in total. The van der Waals surface area contributed by atoms with E-state index in [2.05, 4.69) is 26.1 Å². The Balaban J connectivity index is 1.75. The molecule has 100 valence electrons. The third-order valence-electron chi connectivity index (χ3n) is 2.40. The second kappa shape index (κ2) is 5.64. The normalized spacial score (nSPS) is 10.7. The van der Waals surface area contributed by atoms with Gasteiger partial charge >= 0.3 is 0 Å². The molecular weight excluding hydrogens is 344 g/mol. The topological polar surface area (TPSA) is 69.1 Å². The second-order valence-corrected chi connectivity index (χ2v) is 5.59. The number of halogens is 1. The predicted octanol–water partition coefficient (Wildman–Crippen LogP) is 4.02. The van der Waals surface area contributed by atoms with E-state index in [1.165, 1.54) is 6.26 Å². The molecule has 0 saturated carbocycles. The van der Waals surface area contributed by atoms with Crippen LogP contribution in [0.3, 0.4) is 0 Å². The van der Waals surface area contributed by atoms with E-state index >= 15 is 0 Å². The van der Waals surface area contributed by atoms with Crippen LogP contribution in [-0.4, -0.2) is 15.3 Å². The maximum absolute atomic E-state index is 12.0. The molecule has 20 heavy (non-hydrogen) atoms. The molecule has 0 radical (unpaired) electrons. The molecule has 0 bridgehead atoms. The Morgan fingerprint density at radius 2 is 1.95 bits per heavy atom. The third kappa shape index (κ3) is 2.83. The Morgan fingerprint density at radius 1 is 1.15 bits per heavy atom. The maximum Gasteiger partial charge on any atom is 0.284 e. The van der Waals surface area contributed by atoms with E-state index in [1.54, 1.807) is 36.4 Å². The Hall–Kier alpha value is -1.86. The fourth-order valence-corrected chi connectivity index (χ4v) is 2.35. The minimum absolute atomic E-state index is 0.160. The molecule has 0 fully saturated rings. The molecule has 7 heteroatoms. The molecule has 0 saturated heterocycles. The van der Waals surface area contributed by atoms with Crippen molar-refractivity contribution in [1.82, 2.24) is 10.2 Å². The van der Waals surface area contributed by atoms with E-state index in [4.69, 9.17) is 8.83 Å². The van der Waals surface area contributed by atoms with Gasteiger partial charge in [-0.15, -0.1) is 10.2 Å². The van der Waals surface area contributed by atoms with E-state index in [0.717, 1.165) is 16.2 Å². The summed E-state index contributed by atoms with van der Waals surface area (Å²) < 4.78 is 11.4. The summed E-state index contributed by atoms with van der Waals surface area (Å²) in [6, 6.07) is 10.5. The number of carbonyl (C=O) groups is 1. The fourth-order valence-electron chi connectivity index (χ4n) is 1.48. The van der Waals surface area contributed by atoms with Crippen LogP contribution < -0.4 is 0 Å². The number of nitrogens with zero attached hydrogens (tertiary/aromatic N) is 2. The van der Waals surface area contributed by atoms with E-state index in [-0.39, 0.29) is 16.2 Å². The minimum atomic E-state index is -0.160. The number of rotatable bonds is 3. The third-order valence-corrected chi connectivity index (χ3v) is 3.69. The summed E-state index contributed by atoms with van der Waals surface area (Å²) in [6.07, 6.45) is 1.51. The molecule has 0 unspecified atom stereocenters. The van der Waals surface area contributed by atoms with Crippen molar-refractivity contribution in [1.29, 1.82) is 0 Å². The van der Waals surface area contributed by atoms with Gasteiger partial charge in [0.25, 0.3) is 11.1 Å². The van der Waals surface area contributed by atoms with Gasteiger partial charge in [0, 0.05) is 21.8 Å². The molecule has 0 aliphatic rings. The van der Waals surface area contributed by atoms with Gasteiger partial charge in [-0.1, -0.05) is 15.9 Å². The van der Waals surface area contributed by atoms with Crippen molar-refractivity contribution in [3.05, 3.63) is 52.7 Å². The monoisotopic (exact) mass is 350 g/mol. The van der Waals surface area contributed by atoms with Gasteiger partial charge in [0.15, 0.2) is 5.76 Å². The van der Waals surface area contributed by atoms with Crippen LogP contribution in [0.4, 0.5) is 0 Å². The van der Waals surface area contributed by atoms with Gasteiger partial charge in [0.05, 0.1) is 6.26 Å². The Labute approximate surface area is 126 Å². The molecule has 0 aliphatic heterocycles. The molecule has 0 amide bonds. The second-order valence-electron chi connectivity index (χ2n) is 3.75. The average Bonchev–Trinajstić information content (AvgIpc) is 3.09. The lowest BCUT2D eigenvalue weighted by Gasteiger charge is -1.97. The lowest BCUT2D eigenvalue weighted by molar-refractivity contribution is 0.108. The number of furan rings is 1. The van der Waals surface area contributed by atoms with Crippen LogP contribution >= 0.6 is 27.7 Å². The molecule has 0 spiro atoms. The van der Waals surface area contributed by atoms with Crippen molar-refractivity contribution in [3.63, 3.8) is 0 Å². The molecule has 1 aromatic carbocycles. The van der Waals surface area contributed by atoms with Gasteiger partial charge in [-0.3, -0.25) is 4.79 Å². The summed E-state index contributed by atoms with van der Waals surface area (Å²) >= 11 is 4.20. The van der Waals surface area contributed by atoms with Crippen molar-refractivity contribution >= 4 is 32.8 Å². The number of carbonyl (C=O) groups excluding carboxylic acids is 1. The molecule has 3 rings (SSSR count). The van der Waals surface area contributed by atoms with Gasteiger partial charge in [-0.05, 0) is 36.4 Å². The zero-order valence-corrected chi connectivity index (χ0v) is 12.3. The smallest absolute Gasteiger partial charge is 0.284 e. The van der Waals surface area contributed by atoms with Crippen LogP contribution in [0.1, 0.15) is 10.4 Å². The van der Waals surface area contributed by atoms with Gasteiger partial charge in [0.2, 0.25) is 5.12 Å². The van der Waals surface area contributed by atoms with E-state index < -0.39 is 0 Å². The van der Waals surface area contributed by atoms with Gasteiger partial charge in [0.1, 0.15) is 0 Å². The highest BCUT2D eigenvalue weighted by molar-refractivity contribution is 9.10. The summed E-state index contributed by atoms with van der Waals surface area (Å²) in [5.74, 6) is 0.724. The first-order chi connectivity index (χ1) is 9.72. The van der Waals surface area contributed by atoms with Crippen LogP contribution in [0, 0.1) is 0 Å². The zero-order chi connectivity index (χ0) is 13.9. The van der Waals surface area contributed by atoms with Gasteiger partial charge in [-0.2, -0.15) is 0 Å². The molecule has 2 heterocycles. The van der Waals surface area contributed by atoms with E-state index in [9.17, 15) is 4.79 Å². The van der Waals surface area contributed by atoms with Gasteiger partial charge < -0.3 is 8.83 Å². The summed E-state index contributed by atoms with van der Waals surface area (Å²) in [5, 5.41) is 7.66. The number of aromatic nitrogens is 2. The quantitative estimate of drug-likeness (QED) is 0.664. The first-order valence-corrected chi connectivity index (χ1v) is 7.18. The zero-order valence-electron chi connectivity index (χ0n) is 9.95. The highest BCUT2D eigenvalue weighted by Gasteiger charge is 2.15. The average molecular weight is 351 g/mol. The number of hydrogen-bond donors (Lipinski definition) is 0. The number of benzene rings is 1. The SMILES string of the molecule is O=C(Sc1nnc(-c2ccco2)o1)c1ccc(Br)cc1. The van der Waals surface area contributed by atoms with Crippen molar-refractivity contribution in [3.8, 4) is 11.7 Å². The van der Waals surface area contributed by atoms with Crippen LogP contribution in [0.5, 0.6) is 0 Å². The molecule has 3 aromatic rings. The van der Waals surface area contributed by atoms with E-state index in [1.807, 2.05) is 0 Å². The Kier molecular flexibility index (Phi) is 3.70. The first kappa shape index (κ1) is 13.1. The summed E-state index contributed by atoms with van der Waals surface area (Å²) in [6.45, 7) is 0. The van der Waals surface area contributed by atoms with Crippen molar-refractivity contribution in [2.45, 2.75) is 5.22 Å². The van der Waals surface area contributed by atoms with Gasteiger partial charge in [-0.25, -0.2) is 0 Å². The Morgan fingerprint density at radius 3 is 2.65 bits per heavy atom. The van der Waals surface area contributed by atoms with Crippen LogP contribution in [0.2, 0.25) is 0 Å². The van der Waals surface area contributed by atoms with Crippen molar-refractivity contribution < 1.29 is 13.6 Å². The highest BCUT2D eigenvalue weighted by Crippen LogP contribution is 2.26. The summed E-state index contributed by atoms with van der Waals surface area (Å²) in [7, 11) is 0. The number of thioether (sulfide) groups is 1. The van der Waals surface area contributed by atoms with Crippen LogP contribution in [-0.2, 0) is 0 Å². The highest BCUT2D eigenvalue weighted by atomic mass is 79.9. The standard InChI is InChI=1S/C13H7BrN2O3S/c14-9-5-3-8(4-6-9)12(17)20-13-16-15-11(19-13)10-2-1-7-18-10/h1-7H. The lowest BCUT2D eigenvalue weighted by Crippen LogP contribution is -1.92.